The van der Waals surface area contributed by atoms with E-state index in [1.165, 1.54) is 0 Å². The molecule has 1 aromatic rings. The number of aryl methyl sites for hydroxylation is 1. The lowest BCUT2D eigenvalue weighted by molar-refractivity contribution is 0.135. The van der Waals surface area contributed by atoms with Gasteiger partial charge in [0, 0.05) is 18.1 Å². The van der Waals surface area contributed by atoms with Gasteiger partial charge in [-0.15, -0.1) is 0 Å². The molecule has 0 aliphatic rings. The van der Waals surface area contributed by atoms with E-state index in [9.17, 15) is 26.3 Å². The molecule has 0 fully saturated rings. The van der Waals surface area contributed by atoms with E-state index in [1.807, 2.05) is 0 Å². The number of benzene rings is 1. The van der Waals surface area contributed by atoms with E-state index >= 15 is 0 Å². The van der Waals surface area contributed by atoms with Crippen LogP contribution in [0.3, 0.4) is 0 Å². The predicted molar refractivity (Wildman–Crippen MR) is 44.1 cm³/mol. The largest absolute Gasteiger partial charge is 0.238 e. The molecule has 1 radical (unpaired) electrons. The van der Waals surface area contributed by atoms with Gasteiger partial charge in [-0.2, -0.15) is 0 Å². The third-order valence-corrected chi connectivity index (χ3v) is 1.95. The van der Waals surface area contributed by atoms with Crippen molar-refractivity contribution in [3.8, 4) is 0 Å². The van der Waals surface area contributed by atoms with Crippen LogP contribution in [0.5, 0.6) is 0 Å². The second-order valence-electron chi connectivity index (χ2n) is 3.14. The monoisotopic (exact) mass is 241 g/mol. The Bertz CT molecular complexity index is 374. The molecule has 16 heavy (non-hydrogen) atoms. The van der Waals surface area contributed by atoms with Crippen molar-refractivity contribution < 1.29 is 26.3 Å². The average molecular weight is 241 g/mol. The fourth-order valence-corrected chi connectivity index (χ4v) is 1.17. The Morgan fingerprint density at radius 2 is 1.56 bits per heavy atom. The first-order valence-electron chi connectivity index (χ1n) is 4.45. The smallest absolute Gasteiger partial charge is 0.211 e. The van der Waals surface area contributed by atoms with Crippen molar-refractivity contribution in [3.05, 3.63) is 34.9 Å². The van der Waals surface area contributed by atoms with Crippen molar-refractivity contribution >= 4 is 0 Å². The van der Waals surface area contributed by atoms with Crippen LogP contribution < -0.4 is 0 Å². The molecule has 0 atom stereocenters. The fourth-order valence-electron chi connectivity index (χ4n) is 1.17. The standard InChI is InChI=1S/C10H7F6/c11-6-4-5(2-1-3-7(12)13)8(14)10(16)9(6)15/h7H,1-3H2. The van der Waals surface area contributed by atoms with Crippen molar-refractivity contribution in [1.82, 2.24) is 0 Å². The zero-order valence-electron chi connectivity index (χ0n) is 7.97. The lowest BCUT2D eigenvalue weighted by atomic mass is 10.1. The van der Waals surface area contributed by atoms with E-state index in [-0.39, 0.29) is 12.8 Å². The summed E-state index contributed by atoms with van der Waals surface area (Å²) in [7, 11) is 0. The highest BCUT2D eigenvalue weighted by molar-refractivity contribution is 5.20. The molecule has 0 aliphatic carbocycles. The summed E-state index contributed by atoms with van der Waals surface area (Å²) in [5.41, 5.74) is -0.558. The second kappa shape index (κ2) is 5.23. The summed E-state index contributed by atoms with van der Waals surface area (Å²) in [6.07, 6.45) is -3.56. The SMILES string of the molecule is Fc1[c]c(CCCC(F)F)c(F)c(F)c1F. The number of alkyl halides is 2. The lowest BCUT2D eigenvalue weighted by Crippen LogP contribution is -2.03. The summed E-state index contributed by atoms with van der Waals surface area (Å²) in [6.45, 7) is 0. The Kier molecular flexibility index (Phi) is 4.20. The van der Waals surface area contributed by atoms with Crippen molar-refractivity contribution in [2.24, 2.45) is 0 Å². The van der Waals surface area contributed by atoms with Crippen molar-refractivity contribution in [2.45, 2.75) is 25.7 Å². The van der Waals surface area contributed by atoms with E-state index in [2.05, 4.69) is 0 Å². The van der Waals surface area contributed by atoms with Crippen LogP contribution in [0.1, 0.15) is 18.4 Å². The van der Waals surface area contributed by atoms with Crippen LogP contribution in [0.15, 0.2) is 0 Å². The number of rotatable bonds is 4. The average Bonchev–Trinajstić information content (AvgIpc) is 2.22. The maximum atomic E-state index is 13.0. The van der Waals surface area contributed by atoms with Gasteiger partial charge in [-0.1, -0.05) is 0 Å². The summed E-state index contributed by atoms with van der Waals surface area (Å²) in [5.74, 6) is -7.11. The van der Waals surface area contributed by atoms with E-state index in [0.717, 1.165) is 0 Å². The molecule has 0 spiro atoms. The molecule has 0 amide bonds. The van der Waals surface area contributed by atoms with Crippen LogP contribution in [0.4, 0.5) is 26.3 Å². The molecule has 6 heteroatoms. The van der Waals surface area contributed by atoms with Crippen molar-refractivity contribution in [3.63, 3.8) is 0 Å². The van der Waals surface area contributed by atoms with Gasteiger partial charge < -0.3 is 0 Å². The van der Waals surface area contributed by atoms with Gasteiger partial charge in [0.2, 0.25) is 6.43 Å². The number of hydrogen-bond acceptors (Lipinski definition) is 0. The molecule has 0 nitrogen and oxygen atoms in total. The van der Waals surface area contributed by atoms with Gasteiger partial charge >= 0.3 is 0 Å². The minimum Gasteiger partial charge on any atom is -0.211 e. The van der Waals surface area contributed by atoms with Gasteiger partial charge in [-0.25, -0.2) is 26.3 Å². The number of halogens is 6. The highest BCUT2D eigenvalue weighted by Gasteiger charge is 2.19. The summed E-state index contributed by atoms with van der Waals surface area (Å²) in [6, 6.07) is 1.66. The first-order valence-corrected chi connectivity index (χ1v) is 4.45. The Morgan fingerprint density at radius 3 is 2.12 bits per heavy atom. The highest BCUT2D eigenvalue weighted by atomic mass is 19.3. The van der Waals surface area contributed by atoms with Crippen molar-refractivity contribution in [1.29, 1.82) is 0 Å². The van der Waals surface area contributed by atoms with Crippen LogP contribution >= 0.6 is 0 Å². The molecule has 1 aromatic carbocycles. The highest BCUT2D eigenvalue weighted by Crippen LogP contribution is 2.20. The normalized spacial score (nSPS) is 11.2. The molecule has 89 valence electrons. The zero-order chi connectivity index (χ0) is 12.3. The maximum Gasteiger partial charge on any atom is 0.238 e. The second-order valence-corrected chi connectivity index (χ2v) is 3.14. The third-order valence-electron chi connectivity index (χ3n) is 1.95. The Balaban J connectivity index is 2.81. The van der Waals surface area contributed by atoms with E-state index in [4.69, 9.17) is 0 Å². The zero-order valence-corrected chi connectivity index (χ0v) is 7.97. The maximum absolute atomic E-state index is 13.0. The molecule has 0 N–H and O–H groups in total. The van der Waals surface area contributed by atoms with Gasteiger partial charge in [-0.3, -0.25) is 0 Å². The van der Waals surface area contributed by atoms with Crippen LogP contribution in [-0.4, -0.2) is 6.43 Å². The first-order chi connectivity index (χ1) is 7.43. The molecule has 0 aliphatic heterocycles. The van der Waals surface area contributed by atoms with Crippen molar-refractivity contribution in [2.75, 3.05) is 0 Å². The van der Waals surface area contributed by atoms with Crippen LogP contribution in [-0.2, 0) is 6.42 Å². The summed E-state index contributed by atoms with van der Waals surface area (Å²) in [5, 5.41) is 0. The summed E-state index contributed by atoms with van der Waals surface area (Å²) in [4.78, 5) is 0. The molecule has 0 heterocycles. The fraction of sp³-hybridized carbons (Fsp3) is 0.400. The van der Waals surface area contributed by atoms with E-state index in [1.54, 1.807) is 6.07 Å². The van der Waals surface area contributed by atoms with Gasteiger partial charge in [0.15, 0.2) is 23.3 Å². The topological polar surface area (TPSA) is 0 Å². The Hall–Kier alpha value is -1.20. The molecule has 0 unspecified atom stereocenters. The third kappa shape index (κ3) is 2.90. The van der Waals surface area contributed by atoms with Gasteiger partial charge in [0.25, 0.3) is 0 Å². The molecule has 0 aromatic heterocycles. The minimum atomic E-state index is -2.57. The molecule has 0 saturated carbocycles. The summed E-state index contributed by atoms with van der Waals surface area (Å²) < 4.78 is 74.2. The number of hydrogen-bond donors (Lipinski definition) is 0. The van der Waals surface area contributed by atoms with E-state index in [0.29, 0.717) is 0 Å². The summed E-state index contributed by atoms with van der Waals surface area (Å²) >= 11 is 0. The Morgan fingerprint density at radius 1 is 0.938 bits per heavy atom. The molecule has 0 saturated heterocycles. The molecule has 1 rings (SSSR count). The van der Waals surface area contributed by atoms with Crippen LogP contribution in [0.25, 0.3) is 0 Å². The Labute approximate surface area is 87.9 Å². The predicted octanol–water partition coefficient (Wildman–Crippen LogP) is 3.63. The van der Waals surface area contributed by atoms with Gasteiger partial charge in [0.1, 0.15) is 0 Å². The van der Waals surface area contributed by atoms with E-state index < -0.39 is 41.7 Å². The van der Waals surface area contributed by atoms with Gasteiger partial charge in [0.05, 0.1) is 0 Å². The minimum absolute atomic E-state index is 0.157. The van der Waals surface area contributed by atoms with Crippen LogP contribution in [0, 0.1) is 29.3 Å². The van der Waals surface area contributed by atoms with Crippen LogP contribution in [0.2, 0.25) is 0 Å². The molecule has 0 bridgehead atoms. The molecular weight excluding hydrogens is 234 g/mol. The van der Waals surface area contributed by atoms with Gasteiger partial charge in [-0.05, 0) is 12.8 Å². The lowest BCUT2D eigenvalue weighted by Gasteiger charge is -2.05. The quantitative estimate of drug-likeness (QED) is 0.429. The first kappa shape index (κ1) is 12.9. The molecular formula is C10H7F6.